The number of rotatable bonds is 9. The van der Waals surface area contributed by atoms with E-state index < -0.39 is 5.92 Å². The molecule has 1 heterocycles. The van der Waals surface area contributed by atoms with Crippen LogP contribution < -0.4 is 25.0 Å². The van der Waals surface area contributed by atoms with Crippen molar-refractivity contribution < 1.29 is 23.9 Å². The summed E-state index contributed by atoms with van der Waals surface area (Å²) < 4.78 is 10.7. The van der Waals surface area contributed by atoms with Crippen molar-refractivity contribution >= 4 is 29.1 Å². The van der Waals surface area contributed by atoms with Crippen LogP contribution in [0.15, 0.2) is 72.8 Å². The highest BCUT2D eigenvalue weighted by atomic mass is 16.5. The third-order valence-electron chi connectivity index (χ3n) is 5.98. The Labute approximate surface area is 210 Å². The molecule has 3 aromatic rings. The zero-order valence-electron chi connectivity index (χ0n) is 20.3. The first-order valence-electron chi connectivity index (χ1n) is 11.7. The molecule has 4 rings (SSSR count). The molecular weight excluding hydrogens is 458 g/mol. The number of carbonyl (C=O) groups is 3. The molecule has 1 saturated heterocycles. The molecule has 1 atom stereocenters. The van der Waals surface area contributed by atoms with Crippen molar-refractivity contribution in [2.45, 2.75) is 19.9 Å². The van der Waals surface area contributed by atoms with Gasteiger partial charge in [0.1, 0.15) is 11.5 Å². The number of hydrogen-bond acceptors (Lipinski definition) is 5. The Hall–Kier alpha value is -4.33. The summed E-state index contributed by atoms with van der Waals surface area (Å²) >= 11 is 0. The molecule has 0 saturated carbocycles. The Morgan fingerprint density at radius 2 is 1.61 bits per heavy atom. The molecule has 1 unspecified atom stereocenters. The first-order chi connectivity index (χ1) is 17.4. The van der Waals surface area contributed by atoms with Crippen LogP contribution in [0.5, 0.6) is 11.5 Å². The molecule has 1 fully saturated rings. The van der Waals surface area contributed by atoms with Crippen LogP contribution in [-0.2, 0) is 20.9 Å². The molecule has 8 heteroatoms. The summed E-state index contributed by atoms with van der Waals surface area (Å²) in [4.78, 5) is 39.0. The van der Waals surface area contributed by atoms with Gasteiger partial charge in [0.2, 0.25) is 11.8 Å². The molecule has 2 N–H and O–H groups in total. The maximum absolute atomic E-state index is 12.6. The molecule has 0 spiro atoms. The lowest BCUT2D eigenvalue weighted by molar-refractivity contribution is -0.126. The molecule has 36 heavy (non-hydrogen) atoms. The number of anilines is 2. The highest BCUT2D eigenvalue weighted by molar-refractivity contribution is 6.00. The van der Waals surface area contributed by atoms with Crippen molar-refractivity contribution in [3.8, 4) is 11.5 Å². The Bertz CT molecular complexity index is 1210. The number of carbonyl (C=O) groups excluding carboxylic acids is 3. The third kappa shape index (κ3) is 6.41. The topological polar surface area (TPSA) is 97.0 Å². The molecule has 3 aromatic carbocycles. The highest BCUT2D eigenvalue weighted by Crippen LogP contribution is 2.27. The smallest absolute Gasteiger partial charge is 0.262 e. The third-order valence-corrected chi connectivity index (χ3v) is 5.98. The van der Waals surface area contributed by atoms with Gasteiger partial charge in [0.15, 0.2) is 6.61 Å². The minimum Gasteiger partial charge on any atom is -0.497 e. The van der Waals surface area contributed by atoms with Crippen molar-refractivity contribution in [3.63, 3.8) is 0 Å². The number of amides is 3. The van der Waals surface area contributed by atoms with Gasteiger partial charge in [0, 0.05) is 30.9 Å². The number of nitrogens with zero attached hydrogens (tertiary/aromatic N) is 1. The zero-order valence-corrected chi connectivity index (χ0v) is 20.3. The maximum Gasteiger partial charge on any atom is 0.262 e. The Morgan fingerprint density at radius 1 is 0.944 bits per heavy atom. The first-order valence-corrected chi connectivity index (χ1v) is 11.7. The molecule has 1 aliphatic heterocycles. The standard InChI is InChI=1S/C28H29N3O5/c1-19-3-5-20(6-4-19)16-29-28(34)21-15-27(33)31(17-21)23-9-13-25(14-10-23)36-18-26(32)30-22-7-11-24(35-2)12-8-22/h3-14,21H,15-18H2,1-2H3,(H,29,34)(H,30,32). The molecule has 0 radical (unpaired) electrons. The number of nitrogens with one attached hydrogen (secondary N) is 2. The van der Waals surface area contributed by atoms with Gasteiger partial charge in [-0.15, -0.1) is 0 Å². The van der Waals surface area contributed by atoms with Crippen LogP contribution in [0.25, 0.3) is 0 Å². The molecule has 8 nitrogen and oxygen atoms in total. The summed E-state index contributed by atoms with van der Waals surface area (Å²) in [6.45, 7) is 2.61. The van der Waals surface area contributed by atoms with E-state index in [4.69, 9.17) is 9.47 Å². The van der Waals surface area contributed by atoms with E-state index in [9.17, 15) is 14.4 Å². The van der Waals surface area contributed by atoms with Gasteiger partial charge in [-0.2, -0.15) is 0 Å². The van der Waals surface area contributed by atoms with E-state index in [-0.39, 0.29) is 30.7 Å². The minimum atomic E-state index is -0.402. The van der Waals surface area contributed by atoms with Gasteiger partial charge >= 0.3 is 0 Å². The fourth-order valence-electron chi connectivity index (χ4n) is 3.91. The van der Waals surface area contributed by atoms with Gasteiger partial charge in [-0.05, 0) is 61.0 Å². The Kier molecular flexibility index (Phi) is 7.85. The van der Waals surface area contributed by atoms with Crippen LogP contribution in [-0.4, -0.2) is 38.0 Å². The fraction of sp³-hybridized carbons (Fsp3) is 0.250. The van der Waals surface area contributed by atoms with Crippen molar-refractivity contribution in [3.05, 3.63) is 83.9 Å². The van der Waals surface area contributed by atoms with Crippen LogP contribution in [0.2, 0.25) is 0 Å². The van der Waals surface area contributed by atoms with Gasteiger partial charge in [0.05, 0.1) is 13.0 Å². The van der Waals surface area contributed by atoms with E-state index in [0.29, 0.717) is 36.0 Å². The lowest BCUT2D eigenvalue weighted by Crippen LogP contribution is -2.32. The highest BCUT2D eigenvalue weighted by Gasteiger charge is 2.35. The van der Waals surface area contributed by atoms with Crippen LogP contribution in [0.4, 0.5) is 11.4 Å². The number of benzene rings is 3. The Balaban J connectivity index is 1.25. The maximum atomic E-state index is 12.6. The second-order valence-corrected chi connectivity index (χ2v) is 8.67. The van der Waals surface area contributed by atoms with Gasteiger partial charge in [0.25, 0.3) is 5.91 Å². The summed E-state index contributed by atoms with van der Waals surface area (Å²) in [6, 6.07) is 21.9. The molecule has 0 bridgehead atoms. The fourth-order valence-corrected chi connectivity index (χ4v) is 3.91. The quantitative estimate of drug-likeness (QED) is 0.480. The summed E-state index contributed by atoms with van der Waals surface area (Å²) in [7, 11) is 1.58. The average Bonchev–Trinajstić information content (AvgIpc) is 3.29. The van der Waals surface area contributed by atoms with Crippen LogP contribution in [0.3, 0.4) is 0 Å². The number of hydrogen-bond donors (Lipinski definition) is 2. The molecule has 0 aliphatic carbocycles. The summed E-state index contributed by atoms with van der Waals surface area (Å²) in [6.07, 6.45) is 0.170. The normalized spacial score (nSPS) is 14.9. The van der Waals surface area contributed by atoms with E-state index in [2.05, 4.69) is 10.6 Å². The lowest BCUT2D eigenvalue weighted by Gasteiger charge is -2.17. The predicted molar refractivity (Wildman–Crippen MR) is 137 cm³/mol. The van der Waals surface area contributed by atoms with E-state index in [1.54, 1.807) is 60.5 Å². The van der Waals surface area contributed by atoms with Crippen molar-refractivity contribution in [2.24, 2.45) is 5.92 Å². The second kappa shape index (κ2) is 11.4. The van der Waals surface area contributed by atoms with Crippen molar-refractivity contribution in [1.29, 1.82) is 0 Å². The van der Waals surface area contributed by atoms with Gasteiger partial charge in [-0.25, -0.2) is 0 Å². The number of methoxy groups -OCH3 is 1. The van der Waals surface area contributed by atoms with E-state index in [0.717, 1.165) is 11.1 Å². The van der Waals surface area contributed by atoms with Gasteiger partial charge < -0.3 is 25.0 Å². The first kappa shape index (κ1) is 24.8. The monoisotopic (exact) mass is 487 g/mol. The number of ether oxygens (including phenoxy) is 2. The second-order valence-electron chi connectivity index (χ2n) is 8.67. The van der Waals surface area contributed by atoms with E-state index >= 15 is 0 Å². The van der Waals surface area contributed by atoms with Crippen molar-refractivity contribution in [1.82, 2.24) is 5.32 Å². The molecule has 186 valence electrons. The van der Waals surface area contributed by atoms with E-state index in [1.165, 1.54) is 0 Å². The molecule has 1 aliphatic rings. The van der Waals surface area contributed by atoms with Crippen LogP contribution in [0, 0.1) is 12.8 Å². The molecular formula is C28H29N3O5. The van der Waals surface area contributed by atoms with Crippen molar-refractivity contribution in [2.75, 3.05) is 30.5 Å². The molecule has 3 amide bonds. The van der Waals surface area contributed by atoms with Gasteiger partial charge in [-0.3, -0.25) is 14.4 Å². The molecule has 0 aromatic heterocycles. The zero-order chi connectivity index (χ0) is 25.5. The number of aryl methyl sites for hydroxylation is 1. The predicted octanol–water partition coefficient (Wildman–Crippen LogP) is 3.69. The summed E-state index contributed by atoms with van der Waals surface area (Å²) in [5.41, 5.74) is 3.51. The SMILES string of the molecule is COc1ccc(NC(=O)COc2ccc(N3CC(C(=O)NCc4ccc(C)cc4)CC3=O)cc2)cc1. The van der Waals surface area contributed by atoms with Crippen LogP contribution >= 0.6 is 0 Å². The minimum absolute atomic E-state index is 0.0991. The lowest BCUT2D eigenvalue weighted by atomic mass is 10.1. The largest absolute Gasteiger partial charge is 0.497 e. The summed E-state index contributed by atoms with van der Waals surface area (Å²) in [5, 5.41) is 5.68. The van der Waals surface area contributed by atoms with Gasteiger partial charge in [-0.1, -0.05) is 29.8 Å². The van der Waals surface area contributed by atoms with Crippen LogP contribution in [0.1, 0.15) is 17.5 Å². The van der Waals surface area contributed by atoms with E-state index in [1.807, 2.05) is 31.2 Å². The average molecular weight is 488 g/mol. The Morgan fingerprint density at radius 3 is 2.28 bits per heavy atom. The summed E-state index contributed by atoms with van der Waals surface area (Å²) in [5.74, 6) is 0.281.